The van der Waals surface area contributed by atoms with Crippen LogP contribution in [-0.4, -0.2) is 31.7 Å². The van der Waals surface area contributed by atoms with Gasteiger partial charge in [-0.2, -0.15) is 12.7 Å². The zero-order chi connectivity index (χ0) is 14.9. The smallest absolute Gasteiger partial charge is 0.304 e. The molecule has 0 aromatic carbocycles. The van der Waals surface area contributed by atoms with Gasteiger partial charge in [0.05, 0.1) is 5.56 Å². The van der Waals surface area contributed by atoms with Crippen LogP contribution >= 0.6 is 0 Å². The van der Waals surface area contributed by atoms with Gasteiger partial charge in [-0.15, -0.1) is 0 Å². The molecule has 1 aliphatic rings. The molecule has 1 aliphatic heterocycles. The van der Waals surface area contributed by atoms with E-state index < -0.39 is 16.1 Å². The zero-order valence-electron chi connectivity index (χ0n) is 12.0. The molecule has 1 aromatic heterocycles. The van der Waals surface area contributed by atoms with Gasteiger partial charge >= 0.3 is 10.2 Å². The third-order valence-corrected chi connectivity index (χ3v) is 5.15. The molecule has 0 atom stereocenters. The van der Waals surface area contributed by atoms with E-state index in [1.54, 1.807) is 20.8 Å². The molecule has 112 valence electrons. The minimum Gasteiger partial charge on any atom is -0.466 e. The second-order valence-electron chi connectivity index (χ2n) is 5.11. The molecule has 0 unspecified atom stereocenters. The van der Waals surface area contributed by atoms with Crippen molar-refractivity contribution in [2.45, 2.75) is 40.0 Å². The van der Waals surface area contributed by atoms with E-state index in [1.165, 1.54) is 4.31 Å². The van der Waals surface area contributed by atoms with Crippen LogP contribution in [0.3, 0.4) is 0 Å². The molecule has 1 fully saturated rings. The maximum absolute atomic E-state index is 12.2. The van der Waals surface area contributed by atoms with Crippen molar-refractivity contribution < 1.29 is 17.6 Å². The number of carbonyl (C=O) groups excluding carboxylic acids is 1. The first-order chi connectivity index (χ1) is 9.33. The molecule has 0 radical (unpaired) electrons. The molecule has 1 amide bonds. The number of amides is 1. The predicted octanol–water partition coefficient (Wildman–Crippen LogP) is 1.67. The summed E-state index contributed by atoms with van der Waals surface area (Å²) in [4.78, 5) is 12.2. The Bertz CT molecular complexity index is 613. The third kappa shape index (κ3) is 2.88. The van der Waals surface area contributed by atoms with E-state index in [0.717, 1.165) is 19.3 Å². The minimum absolute atomic E-state index is 0.308. The van der Waals surface area contributed by atoms with Gasteiger partial charge in [-0.25, -0.2) is 4.72 Å². The molecule has 2 rings (SSSR count). The Hall–Kier alpha value is -1.34. The third-order valence-electron chi connectivity index (χ3n) is 3.67. The molecule has 0 aliphatic carbocycles. The maximum Gasteiger partial charge on any atom is 0.304 e. The Balaban J connectivity index is 2.18. The summed E-state index contributed by atoms with van der Waals surface area (Å²) < 4.78 is 33.1. The van der Waals surface area contributed by atoms with Gasteiger partial charge in [0.25, 0.3) is 5.91 Å². The fraction of sp³-hybridized carbons (Fsp3) is 0.615. The highest BCUT2D eigenvalue weighted by Crippen LogP contribution is 2.21. The summed E-state index contributed by atoms with van der Waals surface area (Å²) in [6.45, 7) is 6.07. The number of nitrogens with zero attached hydrogens (tertiary/aromatic N) is 1. The van der Waals surface area contributed by atoms with Crippen molar-refractivity contribution in [2.24, 2.45) is 0 Å². The van der Waals surface area contributed by atoms with E-state index in [9.17, 15) is 13.2 Å². The van der Waals surface area contributed by atoms with E-state index >= 15 is 0 Å². The monoisotopic (exact) mass is 300 g/mol. The van der Waals surface area contributed by atoms with Gasteiger partial charge < -0.3 is 4.42 Å². The van der Waals surface area contributed by atoms with Crippen LogP contribution in [0, 0.1) is 20.8 Å². The standard InChI is InChI=1S/C13H20N2O4S/c1-9-10(2)19-11(3)12(9)13(16)14-20(17,18)15-7-5-4-6-8-15/h4-8H2,1-3H3,(H,14,16). The molecular weight excluding hydrogens is 280 g/mol. The van der Waals surface area contributed by atoms with E-state index in [4.69, 9.17) is 4.42 Å². The second kappa shape index (κ2) is 5.57. The fourth-order valence-corrected chi connectivity index (χ4v) is 3.67. The van der Waals surface area contributed by atoms with Gasteiger partial charge in [0, 0.05) is 18.7 Å². The van der Waals surface area contributed by atoms with E-state index in [1.807, 2.05) is 0 Å². The first-order valence-electron chi connectivity index (χ1n) is 6.71. The molecule has 0 spiro atoms. The molecule has 7 heteroatoms. The second-order valence-corrected chi connectivity index (χ2v) is 6.78. The summed E-state index contributed by atoms with van der Waals surface area (Å²) >= 11 is 0. The van der Waals surface area contributed by atoms with Gasteiger partial charge in [-0.3, -0.25) is 4.79 Å². The Kier molecular flexibility index (Phi) is 4.19. The topological polar surface area (TPSA) is 79.6 Å². The molecule has 20 heavy (non-hydrogen) atoms. The molecule has 1 N–H and O–H groups in total. The van der Waals surface area contributed by atoms with E-state index in [2.05, 4.69) is 4.72 Å². The summed E-state index contributed by atoms with van der Waals surface area (Å²) in [5.74, 6) is 0.441. The van der Waals surface area contributed by atoms with Crippen LogP contribution in [0.1, 0.15) is 46.7 Å². The number of furan rings is 1. The lowest BCUT2D eigenvalue weighted by atomic mass is 10.1. The number of hydrogen-bond donors (Lipinski definition) is 1. The number of nitrogens with one attached hydrogen (secondary N) is 1. The highest BCUT2D eigenvalue weighted by atomic mass is 32.2. The Morgan fingerprint density at radius 3 is 2.20 bits per heavy atom. The average molecular weight is 300 g/mol. The SMILES string of the molecule is Cc1oc(C)c(C(=O)NS(=O)(=O)N2CCCCC2)c1C. The van der Waals surface area contributed by atoms with Gasteiger partial charge in [0.2, 0.25) is 0 Å². The molecule has 1 aromatic rings. The summed E-state index contributed by atoms with van der Waals surface area (Å²) in [7, 11) is -3.76. The van der Waals surface area contributed by atoms with Gasteiger partial charge in [0.1, 0.15) is 11.5 Å². The van der Waals surface area contributed by atoms with Crippen molar-refractivity contribution in [2.75, 3.05) is 13.1 Å². The zero-order valence-corrected chi connectivity index (χ0v) is 12.8. The van der Waals surface area contributed by atoms with E-state index in [-0.39, 0.29) is 0 Å². The Morgan fingerprint density at radius 1 is 1.10 bits per heavy atom. The quantitative estimate of drug-likeness (QED) is 0.920. The van der Waals surface area contributed by atoms with Crippen molar-refractivity contribution in [3.8, 4) is 0 Å². The molecule has 0 bridgehead atoms. The lowest BCUT2D eigenvalue weighted by molar-refractivity contribution is 0.0976. The van der Waals surface area contributed by atoms with Crippen molar-refractivity contribution in [3.63, 3.8) is 0 Å². The van der Waals surface area contributed by atoms with Crippen LogP contribution in [0.2, 0.25) is 0 Å². The summed E-state index contributed by atoms with van der Waals surface area (Å²) in [5, 5.41) is 0. The minimum atomic E-state index is -3.76. The first-order valence-corrected chi connectivity index (χ1v) is 8.15. The number of carbonyl (C=O) groups is 1. The fourth-order valence-electron chi connectivity index (χ4n) is 2.47. The van der Waals surface area contributed by atoms with Crippen molar-refractivity contribution in [1.29, 1.82) is 0 Å². The largest absolute Gasteiger partial charge is 0.466 e. The number of hydrogen-bond acceptors (Lipinski definition) is 4. The highest BCUT2D eigenvalue weighted by Gasteiger charge is 2.28. The summed E-state index contributed by atoms with van der Waals surface area (Å²) in [6, 6.07) is 0. The van der Waals surface area contributed by atoms with E-state index in [0.29, 0.717) is 35.7 Å². The molecular formula is C13H20N2O4S. The van der Waals surface area contributed by atoms with Crippen molar-refractivity contribution in [1.82, 2.24) is 9.03 Å². The van der Waals surface area contributed by atoms with Crippen LogP contribution in [0.25, 0.3) is 0 Å². The highest BCUT2D eigenvalue weighted by molar-refractivity contribution is 7.87. The molecule has 0 saturated carbocycles. The van der Waals surface area contributed by atoms with Crippen LogP contribution in [0.4, 0.5) is 0 Å². The first kappa shape index (κ1) is 15.1. The number of aryl methyl sites for hydroxylation is 2. The van der Waals surface area contributed by atoms with Crippen LogP contribution in [0.15, 0.2) is 4.42 Å². The lowest BCUT2D eigenvalue weighted by Gasteiger charge is -2.25. The normalized spacial score (nSPS) is 17.1. The Labute approximate surface area is 119 Å². The number of rotatable bonds is 3. The van der Waals surface area contributed by atoms with Crippen molar-refractivity contribution >= 4 is 16.1 Å². The van der Waals surface area contributed by atoms with Crippen LogP contribution in [-0.2, 0) is 10.2 Å². The predicted molar refractivity (Wildman–Crippen MR) is 74.7 cm³/mol. The molecule has 1 saturated heterocycles. The summed E-state index contributed by atoms with van der Waals surface area (Å²) in [6.07, 6.45) is 2.69. The summed E-state index contributed by atoms with van der Waals surface area (Å²) in [5.41, 5.74) is 0.983. The molecule has 6 nitrogen and oxygen atoms in total. The van der Waals surface area contributed by atoms with Gasteiger partial charge in [-0.1, -0.05) is 6.42 Å². The van der Waals surface area contributed by atoms with Crippen LogP contribution < -0.4 is 4.72 Å². The molecule has 2 heterocycles. The van der Waals surface area contributed by atoms with Gasteiger partial charge in [0.15, 0.2) is 0 Å². The number of piperidine rings is 1. The Morgan fingerprint density at radius 2 is 1.70 bits per heavy atom. The van der Waals surface area contributed by atoms with Gasteiger partial charge in [-0.05, 0) is 33.6 Å². The average Bonchev–Trinajstić information content (AvgIpc) is 2.63. The van der Waals surface area contributed by atoms with Crippen molar-refractivity contribution in [3.05, 3.63) is 22.6 Å². The lowest BCUT2D eigenvalue weighted by Crippen LogP contribution is -2.45. The van der Waals surface area contributed by atoms with Crippen LogP contribution in [0.5, 0.6) is 0 Å². The maximum atomic E-state index is 12.2.